The number of hydrogen-bond donors (Lipinski definition) is 1. The molecule has 9 heteroatoms. The summed E-state index contributed by atoms with van der Waals surface area (Å²) in [7, 11) is 0. The lowest BCUT2D eigenvalue weighted by Gasteiger charge is -2.09. The van der Waals surface area contributed by atoms with Crippen LogP contribution in [0, 0.1) is 10.1 Å². The van der Waals surface area contributed by atoms with E-state index in [0.29, 0.717) is 4.90 Å². The zero-order chi connectivity index (χ0) is 15.3. The Kier molecular flexibility index (Phi) is 5.93. The minimum absolute atomic E-state index is 0.125. The first-order valence-electron chi connectivity index (χ1n) is 5.36. The molecule has 0 spiro atoms. The normalized spacial score (nSPS) is 11.8. The van der Waals surface area contributed by atoms with Crippen molar-refractivity contribution in [3.05, 3.63) is 33.3 Å². The largest absolute Gasteiger partial charge is 0.392 e. The van der Waals surface area contributed by atoms with Gasteiger partial charge in [-0.05, 0) is 6.07 Å². The molecular formula is C11H11ClN2O5S. The van der Waals surface area contributed by atoms with Crippen LogP contribution in [0.25, 0.3) is 0 Å². The average Bonchev–Trinajstić information content (AvgIpc) is 2.35. The highest BCUT2D eigenvalue weighted by molar-refractivity contribution is 7.99. The van der Waals surface area contributed by atoms with E-state index in [1.807, 2.05) is 0 Å². The van der Waals surface area contributed by atoms with Gasteiger partial charge in [-0.3, -0.25) is 14.9 Å². The molecule has 0 bridgehead atoms. The molecule has 0 radical (unpaired) electrons. The zero-order valence-corrected chi connectivity index (χ0v) is 11.9. The van der Waals surface area contributed by atoms with E-state index in [0.717, 1.165) is 18.7 Å². The van der Waals surface area contributed by atoms with E-state index in [9.17, 15) is 19.7 Å². The fourth-order valence-electron chi connectivity index (χ4n) is 1.19. The lowest BCUT2D eigenvalue weighted by atomic mass is 10.3. The number of carbonyl (C=O) groups excluding carboxylic acids is 2. The van der Waals surface area contributed by atoms with Gasteiger partial charge in [-0.15, -0.1) is 11.8 Å². The van der Waals surface area contributed by atoms with Crippen LogP contribution in [0.5, 0.6) is 0 Å². The second-order valence-electron chi connectivity index (χ2n) is 3.70. The number of nitrogens with zero attached hydrogens (tertiary/aromatic N) is 1. The van der Waals surface area contributed by atoms with E-state index in [4.69, 9.17) is 17.3 Å². The van der Waals surface area contributed by atoms with Crippen LogP contribution in [0.15, 0.2) is 23.1 Å². The minimum atomic E-state index is -0.991. The minimum Gasteiger partial charge on any atom is -0.392 e. The Hall–Kier alpha value is -1.64. The van der Waals surface area contributed by atoms with Crippen molar-refractivity contribution in [2.24, 2.45) is 5.73 Å². The van der Waals surface area contributed by atoms with Gasteiger partial charge < -0.3 is 10.5 Å². The summed E-state index contributed by atoms with van der Waals surface area (Å²) in [6.45, 7) is 1.10. The molecule has 1 aromatic carbocycles. The first-order valence-corrected chi connectivity index (χ1v) is 6.72. The van der Waals surface area contributed by atoms with Gasteiger partial charge in [0.05, 0.1) is 9.95 Å². The van der Waals surface area contributed by atoms with Crippen molar-refractivity contribution in [2.75, 3.05) is 5.75 Å². The number of nitro benzene ring substituents is 1. The van der Waals surface area contributed by atoms with Crippen LogP contribution in [0.4, 0.5) is 5.69 Å². The number of carbonyl (C=O) groups is 2. The number of halogens is 1. The van der Waals surface area contributed by atoms with Crippen molar-refractivity contribution in [1.82, 2.24) is 0 Å². The summed E-state index contributed by atoms with van der Waals surface area (Å²) < 4.78 is 4.34. The smallest absolute Gasteiger partial charge is 0.331 e. The average molecular weight is 319 g/mol. The summed E-state index contributed by atoms with van der Waals surface area (Å²) in [6.07, 6.45) is 0. The van der Waals surface area contributed by atoms with Crippen LogP contribution in [-0.2, 0) is 14.3 Å². The van der Waals surface area contributed by atoms with Crippen molar-refractivity contribution in [3.63, 3.8) is 0 Å². The Balaban J connectivity index is 2.64. The maximum atomic E-state index is 11.3. The molecule has 1 atom stereocenters. The van der Waals surface area contributed by atoms with Crippen molar-refractivity contribution in [1.29, 1.82) is 0 Å². The van der Waals surface area contributed by atoms with Crippen molar-refractivity contribution < 1.29 is 19.2 Å². The fraction of sp³-hybridized carbons (Fsp3) is 0.273. The molecule has 0 heterocycles. The number of nitrogens with two attached hydrogens (primary N) is 1. The number of esters is 2. The number of hydrogen-bond acceptors (Lipinski definition) is 7. The number of benzene rings is 1. The lowest BCUT2D eigenvalue weighted by molar-refractivity contribution is -0.384. The van der Waals surface area contributed by atoms with Gasteiger partial charge in [-0.25, -0.2) is 4.79 Å². The molecule has 20 heavy (non-hydrogen) atoms. The molecule has 2 N–H and O–H groups in total. The highest BCUT2D eigenvalue weighted by Gasteiger charge is 2.18. The second kappa shape index (κ2) is 7.22. The molecule has 0 aliphatic rings. The first kappa shape index (κ1) is 16.4. The Bertz CT molecular complexity index is 552. The standard InChI is InChI=1S/C11H11ClN2O5S/c1-6(15)19-11(16)9(13)5-20-10-3-2-7(14(17)18)4-8(10)12/h2-4,9H,5,13H2,1H3/t9-/m0/s1. The van der Waals surface area contributed by atoms with Crippen LogP contribution in [0.3, 0.4) is 0 Å². The van der Waals surface area contributed by atoms with Gasteiger partial charge in [0.15, 0.2) is 0 Å². The number of thioether (sulfide) groups is 1. The molecule has 1 aromatic rings. The van der Waals surface area contributed by atoms with Gasteiger partial charge in [0, 0.05) is 29.7 Å². The van der Waals surface area contributed by atoms with Crippen LogP contribution < -0.4 is 5.73 Å². The third-order valence-corrected chi connectivity index (χ3v) is 3.71. The highest BCUT2D eigenvalue weighted by Crippen LogP contribution is 2.30. The maximum absolute atomic E-state index is 11.3. The Morgan fingerprint density at radius 2 is 2.20 bits per heavy atom. The van der Waals surface area contributed by atoms with E-state index in [-0.39, 0.29) is 16.5 Å². The summed E-state index contributed by atoms with van der Waals surface area (Å²) in [6, 6.07) is 2.99. The summed E-state index contributed by atoms with van der Waals surface area (Å²) in [5, 5.41) is 10.7. The number of nitro groups is 1. The van der Waals surface area contributed by atoms with Gasteiger partial charge in [-0.1, -0.05) is 11.6 Å². The van der Waals surface area contributed by atoms with Crippen LogP contribution in [0.1, 0.15) is 6.92 Å². The molecular weight excluding hydrogens is 308 g/mol. The van der Waals surface area contributed by atoms with E-state index < -0.39 is 22.9 Å². The zero-order valence-electron chi connectivity index (χ0n) is 10.4. The molecule has 0 aliphatic carbocycles. The third kappa shape index (κ3) is 4.80. The van der Waals surface area contributed by atoms with Crippen LogP contribution in [0.2, 0.25) is 5.02 Å². The van der Waals surface area contributed by atoms with Crippen molar-refractivity contribution in [3.8, 4) is 0 Å². The van der Waals surface area contributed by atoms with Gasteiger partial charge in [0.2, 0.25) is 0 Å². The van der Waals surface area contributed by atoms with Crippen LogP contribution >= 0.6 is 23.4 Å². The SMILES string of the molecule is CC(=O)OC(=O)[C@@H](N)CSc1ccc([N+](=O)[O-])cc1Cl. The number of rotatable bonds is 5. The first-order chi connectivity index (χ1) is 9.31. The fourth-order valence-corrected chi connectivity index (χ4v) is 2.38. The van der Waals surface area contributed by atoms with Gasteiger partial charge in [0.25, 0.3) is 5.69 Å². The molecule has 7 nitrogen and oxygen atoms in total. The number of ether oxygens (including phenoxy) is 1. The lowest BCUT2D eigenvalue weighted by Crippen LogP contribution is -2.35. The van der Waals surface area contributed by atoms with E-state index in [2.05, 4.69) is 4.74 Å². The third-order valence-electron chi connectivity index (χ3n) is 2.09. The maximum Gasteiger partial charge on any atom is 0.331 e. The van der Waals surface area contributed by atoms with E-state index in [1.54, 1.807) is 0 Å². The molecule has 0 saturated heterocycles. The highest BCUT2D eigenvalue weighted by atomic mass is 35.5. The molecule has 0 saturated carbocycles. The predicted molar refractivity (Wildman–Crippen MR) is 73.6 cm³/mol. The monoisotopic (exact) mass is 318 g/mol. The van der Waals surface area contributed by atoms with Gasteiger partial charge >= 0.3 is 11.9 Å². The van der Waals surface area contributed by atoms with E-state index >= 15 is 0 Å². The van der Waals surface area contributed by atoms with Crippen molar-refractivity contribution >= 4 is 41.0 Å². The molecule has 0 fully saturated rings. The second-order valence-corrected chi connectivity index (χ2v) is 5.17. The molecule has 108 valence electrons. The molecule has 0 amide bonds. The molecule has 0 unspecified atom stereocenters. The predicted octanol–water partition coefficient (Wildman–Crippen LogP) is 1.76. The quantitative estimate of drug-likeness (QED) is 0.289. The van der Waals surface area contributed by atoms with Gasteiger partial charge in [0.1, 0.15) is 6.04 Å². The summed E-state index contributed by atoms with van der Waals surface area (Å²) in [5.41, 5.74) is 5.42. The molecule has 0 aromatic heterocycles. The Morgan fingerprint density at radius 3 is 2.70 bits per heavy atom. The Morgan fingerprint density at radius 1 is 1.55 bits per heavy atom. The summed E-state index contributed by atoms with van der Waals surface area (Å²) in [4.78, 5) is 32.4. The van der Waals surface area contributed by atoms with E-state index in [1.165, 1.54) is 18.2 Å². The topological polar surface area (TPSA) is 113 Å². The Labute approximate surface area is 123 Å². The molecule has 1 rings (SSSR count). The van der Waals surface area contributed by atoms with Crippen molar-refractivity contribution in [2.45, 2.75) is 17.9 Å². The van der Waals surface area contributed by atoms with Crippen LogP contribution in [-0.4, -0.2) is 28.7 Å². The summed E-state index contributed by atoms with van der Waals surface area (Å²) >= 11 is 7.02. The molecule has 0 aliphatic heterocycles. The number of non-ortho nitro benzene ring substituents is 1. The van der Waals surface area contributed by atoms with Gasteiger partial charge in [-0.2, -0.15) is 0 Å². The summed E-state index contributed by atoms with van der Waals surface area (Å²) in [5.74, 6) is -1.43.